The van der Waals surface area contributed by atoms with E-state index in [2.05, 4.69) is 33.8 Å². The van der Waals surface area contributed by atoms with Crippen LogP contribution in [0.2, 0.25) is 0 Å². The molecule has 0 spiro atoms. The molecule has 0 atom stereocenters. The van der Waals surface area contributed by atoms with Gasteiger partial charge < -0.3 is 19.4 Å². The van der Waals surface area contributed by atoms with E-state index < -0.39 is 0 Å². The van der Waals surface area contributed by atoms with Crippen LogP contribution in [0.3, 0.4) is 0 Å². The van der Waals surface area contributed by atoms with Crippen molar-refractivity contribution in [2.45, 2.75) is 19.8 Å². The van der Waals surface area contributed by atoms with Crippen LogP contribution in [0.15, 0.2) is 42.7 Å². The fourth-order valence-corrected chi connectivity index (χ4v) is 3.45. The number of anilines is 2. The van der Waals surface area contributed by atoms with Crippen LogP contribution in [-0.4, -0.2) is 62.7 Å². The van der Waals surface area contributed by atoms with Crippen LogP contribution in [0.1, 0.15) is 30.1 Å². The van der Waals surface area contributed by atoms with E-state index in [0.717, 1.165) is 57.0 Å². The molecule has 1 saturated heterocycles. The Bertz CT molecular complexity index is 770. The van der Waals surface area contributed by atoms with Gasteiger partial charge in [0.25, 0.3) is 5.91 Å². The summed E-state index contributed by atoms with van der Waals surface area (Å²) in [7, 11) is 3.54. The minimum Gasteiger partial charge on any atom is -0.497 e. The molecule has 1 aliphatic rings. The molecule has 0 N–H and O–H groups in total. The van der Waals surface area contributed by atoms with E-state index >= 15 is 0 Å². The van der Waals surface area contributed by atoms with Crippen LogP contribution in [0.25, 0.3) is 0 Å². The number of nitrogens with zero attached hydrogens (tertiary/aromatic N) is 4. The summed E-state index contributed by atoms with van der Waals surface area (Å²) in [6.07, 6.45) is 5.62. The van der Waals surface area contributed by atoms with Crippen molar-refractivity contribution >= 4 is 17.3 Å². The fourth-order valence-electron chi connectivity index (χ4n) is 3.45. The molecular weight excluding hydrogens is 352 g/mol. The van der Waals surface area contributed by atoms with Crippen molar-refractivity contribution in [2.24, 2.45) is 0 Å². The second-order valence-electron chi connectivity index (χ2n) is 7.18. The van der Waals surface area contributed by atoms with E-state index in [9.17, 15) is 4.79 Å². The van der Waals surface area contributed by atoms with Gasteiger partial charge in [0.15, 0.2) is 0 Å². The molecule has 0 bridgehead atoms. The molecule has 6 heteroatoms. The number of carbonyl (C=O) groups excluding carboxylic acids is 1. The van der Waals surface area contributed by atoms with Crippen LogP contribution < -0.4 is 14.5 Å². The molecule has 28 heavy (non-hydrogen) atoms. The van der Waals surface area contributed by atoms with Gasteiger partial charge in [0.1, 0.15) is 5.75 Å². The van der Waals surface area contributed by atoms with Gasteiger partial charge in [-0.2, -0.15) is 0 Å². The number of benzene rings is 1. The van der Waals surface area contributed by atoms with Gasteiger partial charge >= 0.3 is 0 Å². The van der Waals surface area contributed by atoms with Crippen molar-refractivity contribution < 1.29 is 9.53 Å². The van der Waals surface area contributed by atoms with Gasteiger partial charge in [-0.25, -0.2) is 0 Å². The van der Waals surface area contributed by atoms with Gasteiger partial charge in [-0.1, -0.05) is 13.3 Å². The number of aromatic nitrogens is 1. The Morgan fingerprint density at radius 1 is 1.07 bits per heavy atom. The summed E-state index contributed by atoms with van der Waals surface area (Å²) in [5.74, 6) is 0.915. The van der Waals surface area contributed by atoms with E-state index in [1.807, 2.05) is 31.4 Å². The highest BCUT2D eigenvalue weighted by molar-refractivity contribution is 5.94. The van der Waals surface area contributed by atoms with Crippen molar-refractivity contribution in [3.63, 3.8) is 0 Å². The monoisotopic (exact) mass is 382 g/mol. The first-order chi connectivity index (χ1) is 13.6. The van der Waals surface area contributed by atoms with Crippen molar-refractivity contribution in [1.82, 2.24) is 9.88 Å². The fraction of sp³-hybridized carbons (Fsp3) is 0.455. The van der Waals surface area contributed by atoms with Crippen molar-refractivity contribution in [3.8, 4) is 5.75 Å². The van der Waals surface area contributed by atoms with Gasteiger partial charge in [-0.3, -0.25) is 9.78 Å². The van der Waals surface area contributed by atoms with Gasteiger partial charge in [-0.05, 0) is 36.8 Å². The molecule has 1 aliphatic heterocycles. The largest absolute Gasteiger partial charge is 0.497 e. The van der Waals surface area contributed by atoms with Crippen LogP contribution >= 0.6 is 0 Å². The smallest absolute Gasteiger partial charge is 0.255 e. The van der Waals surface area contributed by atoms with Gasteiger partial charge in [0.2, 0.25) is 0 Å². The average Bonchev–Trinajstić information content (AvgIpc) is 2.77. The average molecular weight is 383 g/mol. The van der Waals surface area contributed by atoms with Gasteiger partial charge in [0.05, 0.1) is 24.6 Å². The maximum absolute atomic E-state index is 12.6. The number of piperazine rings is 1. The number of rotatable bonds is 7. The number of amides is 1. The molecule has 150 valence electrons. The van der Waals surface area contributed by atoms with Crippen LogP contribution in [0, 0.1) is 0 Å². The summed E-state index contributed by atoms with van der Waals surface area (Å²) >= 11 is 0. The number of ether oxygens (including phenoxy) is 1. The lowest BCUT2D eigenvalue weighted by atomic mass is 10.2. The maximum atomic E-state index is 12.6. The lowest BCUT2D eigenvalue weighted by molar-refractivity contribution is 0.0793. The Morgan fingerprint density at radius 3 is 2.32 bits per heavy atom. The summed E-state index contributed by atoms with van der Waals surface area (Å²) in [6, 6.07) is 10.2. The summed E-state index contributed by atoms with van der Waals surface area (Å²) in [5, 5.41) is 0. The molecule has 0 radical (unpaired) electrons. The first-order valence-electron chi connectivity index (χ1n) is 9.97. The van der Waals surface area contributed by atoms with Crippen LogP contribution in [-0.2, 0) is 0 Å². The lowest BCUT2D eigenvalue weighted by Crippen LogP contribution is -2.46. The Morgan fingerprint density at radius 2 is 1.71 bits per heavy atom. The number of hydrogen-bond donors (Lipinski definition) is 0. The molecule has 2 heterocycles. The third kappa shape index (κ3) is 4.74. The third-order valence-electron chi connectivity index (χ3n) is 5.25. The Labute approximate surface area is 167 Å². The van der Waals surface area contributed by atoms with Gasteiger partial charge in [-0.15, -0.1) is 0 Å². The van der Waals surface area contributed by atoms with Crippen LogP contribution in [0.5, 0.6) is 5.75 Å². The minimum atomic E-state index is 0.0414. The van der Waals surface area contributed by atoms with E-state index in [0.29, 0.717) is 5.56 Å². The predicted octanol–water partition coefficient (Wildman–Crippen LogP) is 3.29. The second-order valence-corrected chi connectivity index (χ2v) is 7.18. The SMILES string of the molecule is CCCCN(C)C(=O)c1cncc(N2CCN(c3ccc(OC)cc3)CC2)c1. The summed E-state index contributed by atoms with van der Waals surface area (Å²) in [4.78, 5) is 23.4. The van der Waals surface area contributed by atoms with E-state index in [1.165, 1.54) is 5.69 Å². The van der Waals surface area contributed by atoms with Gasteiger partial charge in [0, 0.05) is 51.7 Å². The summed E-state index contributed by atoms with van der Waals surface area (Å²) in [6.45, 7) is 6.57. The third-order valence-corrected chi connectivity index (χ3v) is 5.25. The normalized spacial score (nSPS) is 14.1. The standard InChI is InChI=1S/C22H30N4O2/c1-4-5-10-24(2)22(27)18-15-20(17-23-16-18)26-13-11-25(12-14-26)19-6-8-21(28-3)9-7-19/h6-9,15-17H,4-5,10-14H2,1-3H3. The molecule has 3 rings (SSSR count). The van der Waals surface area contributed by atoms with E-state index in [4.69, 9.17) is 4.74 Å². The topological polar surface area (TPSA) is 48.9 Å². The van der Waals surface area contributed by atoms with Crippen LogP contribution in [0.4, 0.5) is 11.4 Å². The van der Waals surface area contributed by atoms with Crippen molar-refractivity contribution in [2.75, 3.05) is 56.7 Å². The number of pyridine rings is 1. The molecule has 0 aliphatic carbocycles. The summed E-state index contributed by atoms with van der Waals surface area (Å²) in [5.41, 5.74) is 2.89. The maximum Gasteiger partial charge on any atom is 0.255 e. The molecule has 0 saturated carbocycles. The Hall–Kier alpha value is -2.76. The number of hydrogen-bond acceptors (Lipinski definition) is 5. The molecule has 1 fully saturated rings. The summed E-state index contributed by atoms with van der Waals surface area (Å²) < 4.78 is 5.24. The quantitative estimate of drug-likeness (QED) is 0.735. The Kier molecular flexibility index (Phi) is 6.74. The highest BCUT2D eigenvalue weighted by atomic mass is 16.5. The zero-order chi connectivity index (χ0) is 19.9. The van der Waals surface area contributed by atoms with Crippen molar-refractivity contribution in [1.29, 1.82) is 0 Å². The second kappa shape index (κ2) is 9.44. The number of unbranched alkanes of at least 4 members (excludes halogenated alkanes) is 1. The molecule has 6 nitrogen and oxygen atoms in total. The number of carbonyl (C=O) groups is 1. The van der Waals surface area contributed by atoms with E-state index in [-0.39, 0.29) is 5.91 Å². The van der Waals surface area contributed by atoms with E-state index in [1.54, 1.807) is 18.2 Å². The first-order valence-corrected chi connectivity index (χ1v) is 9.97. The first kappa shape index (κ1) is 20.0. The van der Waals surface area contributed by atoms with Crippen molar-refractivity contribution in [3.05, 3.63) is 48.3 Å². The molecule has 1 aromatic heterocycles. The highest BCUT2D eigenvalue weighted by Gasteiger charge is 2.19. The lowest BCUT2D eigenvalue weighted by Gasteiger charge is -2.37. The molecule has 0 unspecified atom stereocenters. The molecular formula is C22H30N4O2. The minimum absolute atomic E-state index is 0.0414. The zero-order valence-electron chi connectivity index (χ0n) is 17.1. The zero-order valence-corrected chi connectivity index (χ0v) is 17.1. The molecule has 1 amide bonds. The Balaban J connectivity index is 1.61. The predicted molar refractivity (Wildman–Crippen MR) is 114 cm³/mol. The molecule has 1 aromatic carbocycles. The number of methoxy groups -OCH3 is 1. The highest BCUT2D eigenvalue weighted by Crippen LogP contribution is 2.23. The molecule has 2 aromatic rings.